The lowest BCUT2D eigenvalue weighted by Gasteiger charge is -2.32. The Morgan fingerprint density at radius 1 is 1.12 bits per heavy atom. The maximum absolute atomic E-state index is 14.6. The van der Waals surface area contributed by atoms with Crippen molar-refractivity contribution in [2.24, 2.45) is 13.0 Å². The number of benzene rings is 2. The van der Waals surface area contributed by atoms with Gasteiger partial charge in [0.2, 0.25) is 11.7 Å². The number of carbonyl (C=O) groups is 3. The fourth-order valence-corrected chi connectivity index (χ4v) is 5.81. The first-order chi connectivity index (χ1) is 20.7. The fraction of sp³-hybridized carbons (Fsp3) is 0.400. The summed E-state index contributed by atoms with van der Waals surface area (Å²) < 4.78 is 35.0. The van der Waals surface area contributed by atoms with Crippen molar-refractivity contribution in [1.82, 2.24) is 25.1 Å². The largest absolute Gasteiger partial charge is 0.494 e. The molecule has 1 atom stereocenters. The molecule has 0 radical (unpaired) electrons. The summed E-state index contributed by atoms with van der Waals surface area (Å²) in [5, 5.41) is 9.22. The molecule has 0 aliphatic carbocycles. The molecule has 2 aromatic carbocycles. The van der Waals surface area contributed by atoms with E-state index in [1.54, 1.807) is 17.0 Å². The van der Waals surface area contributed by atoms with E-state index in [0.29, 0.717) is 49.5 Å². The van der Waals surface area contributed by atoms with Crippen molar-refractivity contribution in [1.29, 1.82) is 0 Å². The highest BCUT2D eigenvalue weighted by Crippen LogP contribution is 2.30. The summed E-state index contributed by atoms with van der Waals surface area (Å²) in [6, 6.07) is 7.25. The van der Waals surface area contributed by atoms with Crippen LogP contribution in [0.1, 0.15) is 46.7 Å². The number of imidazole rings is 1. The predicted octanol–water partition coefficient (Wildman–Crippen LogP) is 4.00. The maximum atomic E-state index is 14.6. The van der Waals surface area contributed by atoms with Crippen molar-refractivity contribution in [3.63, 3.8) is 0 Å². The van der Waals surface area contributed by atoms with Gasteiger partial charge >= 0.3 is 0 Å². The number of aromatic nitrogens is 2. The molecule has 0 saturated carbocycles. The van der Waals surface area contributed by atoms with E-state index in [1.807, 2.05) is 0 Å². The van der Waals surface area contributed by atoms with Crippen LogP contribution in [0.25, 0.3) is 11.3 Å². The molecule has 2 fully saturated rings. The van der Waals surface area contributed by atoms with Crippen LogP contribution in [0.3, 0.4) is 0 Å². The van der Waals surface area contributed by atoms with Crippen molar-refractivity contribution in [3.05, 3.63) is 64.6 Å². The van der Waals surface area contributed by atoms with Gasteiger partial charge in [0, 0.05) is 43.9 Å². The van der Waals surface area contributed by atoms with Gasteiger partial charge < -0.3 is 30.2 Å². The minimum Gasteiger partial charge on any atom is -0.494 e. The van der Waals surface area contributed by atoms with E-state index in [2.05, 4.69) is 20.9 Å². The monoisotopic (exact) mass is 614 g/mol. The molecule has 2 aliphatic rings. The molecule has 43 heavy (non-hydrogen) atoms. The lowest BCUT2D eigenvalue weighted by Crippen LogP contribution is -2.46. The third-order valence-corrected chi connectivity index (χ3v) is 8.29. The fourth-order valence-electron chi connectivity index (χ4n) is 5.55. The van der Waals surface area contributed by atoms with E-state index < -0.39 is 17.5 Å². The van der Waals surface area contributed by atoms with Gasteiger partial charge in [0.25, 0.3) is 11.8 Å². The van der Waals surface area contributed by atoms with Crippen LogP contribution in [0, 0.1) is 17.6 Å². The molecule has 2 saturated heterocycles. The summed E-state index contributed by atoms with van der Waals surface area (Å²) in [5.74, 6) is -2.93. The molecule has 3 aromatic rings. The molecule has 5 rings (SSSR count). The van der Waals surface area contributed by atoms with Gasteiger partial charge in [0.15, 0.2) is 17.4 Å². The first-order valence-corrected chi connectivity index (χ1v) is 14.5. The molecule has 0 bridgehead atoms. The van der Waals surface area contributed by atoms with Gasteiger partial charge in [-0.05, 0) is 68.6 Å². The smallest absolute Gasteiger partial charge is 0.291 e. The van der Waals surface area contributed by atoms with E-state index in [1.165, 1.54) is 43.1 Å². The first-order valence-electron chi connectivity index (χ1n) is 14.1. The highest BCUT2D eigenvalue weighted by atomic mass is 35.5. The van der Waals surface area contributed by atoms with Crippen LogP contribution < -0.4 is 20.7 Å². The van der Waals surface area contributed by atoms with E-state index in [9.17, 15) is 23.2 Å². The van der Waals surface area contributed by atoms with Crippen molar-refractivity contribution in [2.75, 3.05) is 38.6 Å². The summed E-state index contributed by atoms with van der Waals surface area (Å²) in [6.45, 7) is 2.81. The molecule has 10 nitrogen and oxygen atoms in total. The van der Waals surface area contributed by atoms with Gasteiger partial charge in [-0.1, -0.05) is 11.6 Å². The van der Waals surface area contributed by atoms with E-state index in [0.717, 1.165) is 19.5 Å². The number of anilines is 1. The van der Waals surface area contributed by atoms with Gasteiger partial charge in [-0.2, -0.15) is 4.39 Å². The Bertz CT molecular complexity index is 1530. The first kappa shape index (κ1) is 30.4. The van der Waals surface area contributed by atoms with Gasteiger partial charge in [-0.25, -0.2) is 9.37 Å². The van der Waals surface area contributed by atoms with Crippen molar-refractivity contribution >= 4 is 35.0 Å². The second-order valence-corrected chi connectivity index (χ2v) is 11.2. The zero-order valence-corrected chi connectivity index (χ0v) is 24.6. The van der Waals surface area contributed by atoms with E-state index >= 15 is 0 Å². The number of ether oxygens (including phenoxy) is 1. The number of piperidine rings is 1. The number of carbonyl (C=O) groups excluding carboxylic acids is 3. The number of nitrogens with zero attached hydrogens (tertiary/aromatic N) is 3. The third kappa shape index (κ3) is 6.65. The quantitative estimate of drug-likeness (QED) is 0.353. The highest BCUT2D eigenvalue weighted by molar-refractivity contribution is 6.34. The highest BCUT2D eigenvalue weighted by Gasteiger charge is 2.27. The van der Waals surface area contributed by atoms with E-state index in [-0.39, 0.29) is 45.7 Å². The number of nitrogens with one attached hydrogen (secondary N) is 3. The van der Waals surface area contributed by atoms with E-state index in [4.69, 9.17) is 16.3 Å². The lowest BCUT2D eigenvalue weighted by molar-refractivity contribution is -0.122. The van der Waals surface area contributed by atoms with Crippen LogP contribution in [0.5, 0.6) is 5.75 Å². The number of methoxy groups -OCH3 is 1. The van der Waals surface area contributed by atoms with Crippen molar-refractivity contribution < 1.29 is 27.9 Å². The number of rotatable bonds is 8. The molecule has 228 valence electrons. The number of likely N-dealkylation sites (tertiary alicyclic amines) is 1. The molecule has 13 heteroatoms. The molecule has 1 aromatic heterocycles. The summed E-state index contributed by atoms with van der Waals surface area (Å²) in [5.41, 5.74) is 0.743. The van der Waals surface area contributed by atoms with Gasteiger partial charge in [-0.15, -0.1) is 0 Å². The Morgan fingerprint density at radius 3 is 2.56 bits per heavy atom. The van der Waals surface area contributed by atoms with Gasteiger partial charge in [-0.3, -0.25) is 14.4 Å². The second-order valence-electron chi connectivity index (χ2n) is 10.8. The minimum absolute atomic E-state index is 0.0332. The Kier molecular flexibility index (Phi) is 9.26. The van der Waals surface area contributed by atoms with Crippen LogP contribution in [-0.4, -0.2) is 71.5 Å². The standard InChI is InChI=1S/C30H33ClF2N6O4/c1-38-23(21-5-6-24(43-2)27(33)26(21)32)16-35-28(38)29(41)37-19-3-4-20(22(31)14-19)30(42)39-11-8-18(9-12-39)36-25(40)13-17-7-10-34-15-17/h3-6,14,16-18,34H,7-13,15H2,1-2H3,(H,36,40)(H,37,41). The Morgan fingerprint density at radius 2 is 1.88 bits per heavy atom. The summed E-state index contributed by atoms with van der Waals surface area (Å²) in [6.07, 6.45) is 4.13. The lowest BCUT2D eigenvalue weighted by atomic mass is 10.0. The topological polar surface area (TPSA) is 118 Å². The van der Waals surface area contributed by atoms with Crippen LogP contribution in [0.15, 0.2) is 36.5 Å². The number of hydrogen-bond acceptors (Lipinski definition) is 6. The number of amides is 3. The zero-order valence-electron chi connectivity index (χ0n) is 23.9. The van der Waals surface area contributed by atoms with Gasteiger partial charge in [0.1, 0.15) is 0 Å². The number of hydrogen-bond donors (Lipinski definition) is 3. The average molecular weight is 615 g/mol. The molecule has 2 aliphatic heterocycles. The Labute approximate surface area is 252 Å². The SMILES string of the molecule is COc1ccc(-c2cnc(C(=O)Nc3ccc(C(=O)N4CCC(NC(=O)CC5CCNC5)CC4)c(Cl)c3)n2C)c(F)c1F. The van der Waals surface area contributed by atoms with Crippen LogP contribution >= 0.6 is 11.6 Å². The summed E-state index contributed by atoms with van der Waals surface area (Å²) in [4.78, 5) is 44.3. The molecule has 3 amide bonds. The second kappa shape index (κ2) is 13.1. The van der Waals surface area contributed by atoms with Gasteiger partial charge in [0.05, 0.1) is 29.6 Å². The molecule has 3 N–H and O–H groups in total. The average Bonchev–Trinajstić information content (AvgIpc) is 3.64. The van der Waals surface area contributed by atoms with Crippen LogP contribution in [0.2, 0.25) is 5.02 Å². The molecule has 1 unspecified atom stereocenters. The predicted molar refractivity (Wildman–Crippen MR) is 157 cm³/mol. The Hall–Kier alpha value is -4.03. The number of halogens is 3. The summed E-state index contributed by atoms with van der Waals surface area (Å²) in [7, 11) is 2.75. The molecular weight excluding hydrogens is 582 g/mol. The maximum Gasteiger partial charge on any atom is 0.291 e. The minimum atomic E-state index is -1.14. The van der Waals surface area contributed by atoms with Crippen LogP contribution in [0.4, 0.5) is 14.5 Å². The normalized spacial score (nSPS) is 17.1. The third-order valence-electron chi connectivity index (χ3n) is 7.98. The Balaban J connectivity index is 1.18. The summed E-state index contributed by atoms with van der Waals surface area (Å²) >= 11 is 6.45. The molecule has 0 spiro atoms. The van der Waals surface area contributed by atoms with Crippen molar-refractivity contribution in [3.8, 4) is 17.0 Å². The van der Waals surface area contributed by atoms with Crippen molar-refractivity contribution in [2.45, 2.75) is 31.7 Å². The molecular formula is C30H33ClF2N6O4. The zero-order chi connectivity index (χ0) is 30.7. The molecule has 3 heterocycles. The van der Waals surface area contributed by atoms with Crippen LogP contribution in [-0.2, 0) is 11.8 Å².